The van der Waals surface area contributed by atoms with Gasteiger partial charge in [0.05, 0.1) is 18.5 Å². The number of methoxy groups -OCH3 is 1. The van der Waals surface area contributed by atoms with Crippen molar-refractivity contribution in [3.8, 4) is 22.2 Å². The fraction of sp³-hybridized carbons (Fsp3) is 0.278. The van der Waals surface area contributed by atoms with Gasteiger partial charge in [0.1, 0.15) is 18.1 Å². The van der Waals surface area contributed by atoms with Gasteiger partial charge < -0.3 is 19.3 Å². The molecule has 2 aromatic heterocycles. The number of amides is 1. The monoisotopic (exact) mass is 373 g/mol. The van der Waals surface area contributed by atoms with Crippen LogP contribution in [0, 0.1) is 0 Å². The van der Waals surface area contributed by atoms with Gasteiger partial charge in [-0.25, -0.2) is 0 Å². The summed E-state index contributed by atoms with van der Waals surface area (Å²) in [5.41, 5.74) is 0. The molecule has 0 saturated carbocycles. The number of aromatic nitrogens is 2. The van der Waals surface area contributed by atoms with Crippen molar-refractivity contribution >= 4 is 17.2 Å². The smallest absolute Gasteiger partial charge is 0.227 e. The number of benzene rings is 1. The van der Waals surface area contributed by atoms with Gasteiger partial charge in [0.25, 0.3) is 0 Å². The van der Waals surface area contributed by atoms with Crippen LogP contribution < -0.4 is 14.8 Å². The molecule has 1 aromatic carbocycles. The van der Waals surface area contributed by atoms with Crippen LogP contribution in [-0.4, -0.2) is 36.3 Å². The number of nitrogens with zero attached hydrogens (tertiary/aromatic N) is 2. The van der Waals surface area contributed by atoms with Gasteiger partial charge in [-0.1, -0.05) is 11.2 Å². The first kappa shape index (κ1) is 17.9. The van der Waals surface area contributed by atoms with E-state index in [1.165, 1.54) is 0 Å². The SMILES string of the molecule is COc1ccc(OCCNC(=O)CCc2nc(-c3cccs3)no2)cc1. The first-order valence-electron chi connectivity index (χ1n) is 8.14. The fourth-order valence-electron chi connectivity index (χ4n) is 2.20. The van der Waals surface area contributed by atoms with E-state index in [4.69, 9.17) is 14.0 Å². The first-order valence-corrected chi connectivity index (χ1v) is 9.02. The lowest BCUT2D eigenvalue weighted by atomic mass is 10.3. The van der Waals surface area contributed by atoms with Gasteiger partial charge in [-0.3, -0.25) is 4.79 Å². The Hall–Kier alpha value is -2.87. The molecule has 0 bridgehead atoms. The van der Waals surface area contributed by atoms with Crippen molar-refractivity contribution in [2.75, 3.05) is 20.3 Å². The molecule has 26 heavy (non-hydrogen) atoms. The lowest BCUT2D eigenvalue weighted by Gasteiger charge is -2.08. The maximum Gasteiger partial charge on any atom is 0.227 e. The van der Waals surface area contributed by atoms with Crippen molar-refractivity contribution in [3.63, 3.8) is 0 Å². The van der Waals surface area contributed by atoms with E-state index in [-0.39, 0.29) is 12.3 Å². The van der Waals surface area contributed by atoms with Crippen molar-refractivity contribution in [2.45, 2.75) is 12.8 Å². The first-order chi connectivity index (χ1) is 12.7. The van der Waals surface area contributed by atoms with Gasteiger partial charge in [0, 0.05) is 12.8 Å². The number of aryl methyl sites for hydroxylation is 1. The molecule has 7 nitrogen and oxygen atoms in total. The number of rotatable bonds is 9. The van der Waals surface area contributed by atoms with Crippen LogP contribution in [0.15, 0.2) is 46.3 Å². The van der Waals surface area contributed by atoms with E-state index in [1.807, 2.05) is 41.8 Å². The molecule has 0 aliphatic rings. The predicted molar refractivity (Wildman–Crippen MR) is 97.4 cm³/mol. The molecule has 136 valence electrons. The second kappa shape index (κ2) is 9.00. The van der Waals surface area contributed by atoms with Crippen LogP contribution in [0.5, 0.6) is 11.5 Å². The summed E-state index contributed by atoms with van der Waals surface area (Å²) in [6.45, 7) is 0.816. The topological polar surface area (TPSA) is 86.5 Å². The molecule has 0 aliphatic heterocycles. The quantitative estimate of drug-likeness (QED) is 0.581. The largest absolute Gasteiger partial charge is 0.497 e. The highest BCUT2D eigenvalue weighted by Gasteiger charge is 2.11. The minimum Gasteiger partial charge on any atom is -0.497 e. The Morgan fingerprint density at radius 1 is 1.23 bits per heavy atom. The molecule has 0 atom stereocenters. The van der Waals surface area contributed by atoms with E-state index >= 15 is 0 Å². The molecular formula is C18H19N3O4S. The van der Waals surface area contributed by atoms with E-state index in [0.29, 0.717) is 31.3 Å². The van der Waals surface area contributed by atoms with Gasteiger partial charge in [-0.05, 0) is 35.7 Å². The van der Waals surface area contributed by atoms with Crippen LogP contribution in [0.2, 0.25) is 0 Å². The number of nitrogens with one attached hydrogen (secondary N) is 1. The third-order valence-electron chi connectivity index (χ3n) is 3.53. The Balaban J connectivity index is 1.34. The van der Waals surface area contributed by atoms with Crippen LogP contribution in [0.25, 0.3) is 10.7 Å². The molecule has 0 fully saturated rings. The summed E-state index contributed by atoms with van der Waals surface area (Å²) in [6.07, 6.45) is 0.693. The highest BCUT2D eigenvalue weighted by molar-refractivity contribution is 7.13. The molecule has 0 unspecified atom stereocenters. The molecule has 1 N–H and O–H groups in total. The zero-order valence-electron chi connectivity index (χ0n) is 14.3. The lowest BCUT2D eigenvalue weighted by molar-refractivity contribution is -0.121. The normalized spacial score (nSPS) is 10.5. The van der Waals surface area contributed by atoms with Crippen molar-refractivity contribution in [1.82, 2.24) is 15.5 Å². The van der Waals surface area contributed by atoms with Crippen LogP contribution in [-0.2, 0) is 11.2 Å². The molecule has 3 aromatic rings. The summed E-state index contributed by atoms with van der Waals surface area (Å²) in [7, 11) is 1.61. The van der Waals surface area contributed by atoms with Crippen molar-refractivity contribution in [1.29, 1.82) is 0 Å². The second-order valence-electron chi connectivity index (χ2n) is 5.36. The Labute approximate surface area is 154 Å². The summed E-state index contributed by atoms with van der Waals surface area (Å²) in [4.78, 5) is 17.1. The second-order valence-corrected chi connectivity index (χ2v) is 6.31. The minimum absolute atomic E-state index is 0.0841. The Bertz CT molecular complexity index is 815. The van der Waals surface area contributed by atoms with Crippen molar-refractivity contribution in [3.05, 3.63) is 47.7 Å². The summed E-state index contributed by atoms with van der Waals surface area (Å²) in [5, 5.41) is 8.68. The zero-order valence-corrected chi connectivity index (χ0v) is 15.1. The third kappa shape index (κ3) is 5.06. The summed E-state index contributed by atoms with van der Waals surface area (Å²) in [5.74, 6) is 2.43. The molecule has 0 saturated heterocycles. The fourth-order valence-corrected chi connectivity index (χ4v) is 2.85. The van der Waals surface area contributed by atoms with E-state index in [1.54, 1.807) is 18.4 Å². The standard InChI is InChI=1S/C18H19N3O4S/c1-23-13-4-6-14(7-5-13)24-11-10-19-16(22)8-9-17-20-18(21-25-17)15-3-2-12-26-15/h2-7,12H,8-11H2,1H3,(H,19,22). The highest BCUT2D eigenvalue weighted by atomic mass is 32.1. The molecule has 3 rings (SSSR count). The van der Waals surface area contributed by atoms with Crippen LogP contribution in [0.4, 0.5) is 0 Å². The number of thiophene rings is 1. The lowest BCUT2D eigenvalue weighted by Crippen LogP contribution is -2.28. The van der Waals surface area contributed by atoms with Gasteiger partial charge in [0.2, 0.25) is 17.6 Å². The van der Waals surface area contributed by atoms with E-state index in [9.17, 15) is 4.79 Å². The van der Waals surface area contributed by atoms with Gasteiger partial charge in [0.15, 0.2) is 0 Å². The number of hydrogen-bond donors (Lipinski definition) is 1. The molecule has 8 heteroatoms. The number of hydrogen-bond acceptors (Lipinski definition) is 7. The molecular weight excluding hydrogens is 354 g/mol. The maximum absolute atomic E-state index is 11.9. The minimum atomic E-state index is -0.0841. The van der Waals surface area contributed by atoms with Crippen LogP contribution >= 0.6 is 11.3 Å². The molecule has 0 radical (unpaired) electrons. The van der Waals surface area contributed by atoms with Crippen LogP contribution in [0.1, 0.15) is 12.3 Å². The van der Waals surface area contributed by atoms with E-state index in [2.05, 4.69) is 15.5 Å². The van der Waals surface area contributed by atoms with Crippen molar-refractivity contribution < 1.29 is 18.8 Å². The van der Waals surface area contributed by atoms with E-state index in [0.717, 1.165) is 16.4 Å². The highest BCUT2D eigenvalue weighted by Crippen LogP contribution is 2.21. The Morgan fingerprint density at radius 3 is 2.77 bits per heavy atom. The molecule has 0 aliphatic carbocycles. The van der Waals surface area contributed by atoms with Gasteiger partial charge in [-0.2, -0.15) is 4.98 Å². The summed E-state index contributed by atoms with van der Waals surface area (Å²) < 4.78 is 15.8. The molecule has 2 heterocycles. The third-order valence-corrected chi connectivity index (χ3v) is 4.39. The van der Waals surface area contributed by atoms with Gasteiger partial charge >= 0.3 is 0 Å². The average molecular weight is 373 g/mol. The number of carbonyl (C=O) groups is 1. The van der Waals surface area contributed by atoms with E-state index < -0.39 is 0 Å². The Morgan fingerprint density at radius 2 is 2.04 bits per heavy atom. The number of ether oxygens (including phenoxy) is 2. The zero-order chi connectivity index (χ0) is 18.2. The predicted octanol–water partition coefficient (Wildman–Crippen LogP) is 2.93. The molecule has 0 spiro atoms. The number of carbonyl (C=O) groups excluding carboxylic acids is 1. The summed E-state index contributed by atoms with van der Waals surface area (Å²) >= 11 is 1.54. The van der Waals surface area contributed by atoms with Crippen molar-refractivity contribution in [2.24, 2.45) is 0 Å². The maximum atomic E-state index is 11.9. The average Bonchev–Trinajstić information content (AvgIpc) is 3.35. The molecule has 1 amide bonds. The Kier molecular flexibility index (Phi) is 6.21. The van der Waals surface area contributed by atoms with Crippen LogP contribution in [0.3, 0.4) is 0 Å². The van der Waals surface area contributed by atoms with Gasteiger partial charge in [-0.15, -0.1) is 11.3 Å². The summed E-state index contributed by atoms with van der Waals surface area (Å²) in [6, 6.07) is 11.1.